The first-order chi connectivity index (χ1) is 12.4. The SMILES string of the molecule is O=C(CC(c1ccccc1)c1cc(Cl)cc(Cl)c1)ON1C(=O)CCC1=O. The van der Waals surface area contributed by atoms with Gasteiger partial charge in [0, 0.05) is 28.8 Å². The van der Waals surface area contributed by atoms with E-state index >= 15 is 0 Å². The number of halogens is 2. The van der Waals surface area contributed by atoms with Gasteiger partial charge in [-0.3, -0.25) is 9.59 Å². The Kier molecular flexibility index (Phi) is 5.59. The minimum atomic E-state index is -0.682. The molecule has 1 aliphatic rings. The molecule has 1 fully saturated rings. The zero-order chi connectivity index (χ0) is 18.7. The summed E-state index contributed by atoms with van der Waals surface area (Å²) in [7, 11) is 0. The molecule has 1 unspecified atom stereocenters. The maximum absolute atomic E-state index is 12.4. The summed E-state index contributed by atoms with van der Waals surface area (Å²) in [5, 5.41) is 1.45. The van der Waals surface area contributed by atoms with Crippen molar-refractivity contribution in [1.29, 1.82) is 0 Å². The van der Waals surface area contributed by atoms with Crippen LogP contribution >= 0.6 is 23.2 Å². The maximum atomic E-state index is 12.4. The molecule has 3 rings (SSSR count). The van der Waals surface area contributed by atoms with Crippen LogP contribution < -0.4 is 0 Å². The van der Waals surface area contributed by atoms with Gasteiger partial charge in [-0.15, -0.1) is 5.06 Å². The number of hydroxylamine groups is 2. The molecule has 0 N–H and O–H groups in total. The van der Waals surface area contributed by atoms with Gasteiger partial charge in [-0.25, -0.2) is 4.79 Å². The van der Waals surface area contributed by atoms with Crippen molar-refractivity contribution in [2.75, 3.05) is 0 Å². The van der Waals surface area contributed by atoms with E-state index in [9.17, 15) is 14.4 Å². The standard InChI is InChI=1S/C19H15Cl2NO4/c20-14-8-13(9-15(21)10-14)16(12-4-2-1-3-5-12)11-19(25)26-22-17(23)6-7-18(22)24/h1-5,8-10,16H,6-7,11H2. The second kappa shape index (κ2) is 7.89. The lowest BCUT2D eigenvalue weighted by Crippen LogP contribution is -2.32. The van der Waals surface area contributed by atoms with Crippen LogP contribution in [0.25, 0.3) is 0 Å². The van der Waals surface area contributed by atoms with Gasteiger partial charge in [-0.1, -0.05) is 53.5 Å². The minimum Gasteiger partial charge on any atom is -0.330 e. The largest absolute Gasteiger partial charge is 0.334 e. The fraction of sp³-hybridized carbons (Fsp3) is 0.211. The van der Waals surface area contributed by atoms with Crippen molar-refractivity contribution in [2.24, 2.45) is 0 Å². The lowest BCUT2D eigenvalue weighted by molar-refractivity contribution is -0.197. The van der Waals surface area contributed by atoms with Gasteiger partial charge in [-0.05, 0) is 29.3 Å². The van der Waals surface area contributed by atoms with E-state index in [0.29, 0.717) is 15.1 Å². The van der Waals surface area contributed by atoms with E-state index in [0.717, 1.165) is 11.1 Å². The topological polar surface area (TPSA) is 63.7 Å². The lowest BCUT2D eigenvalue weighted by Gasteiger charge is -2.19. The van der Waals surface area contributed by atoms with E-state index in [2.05, 4.69) is 0 Å². The van der Waals surface area contributed by atoms with Crippen LogP contribution in [0.2, 0.25) is 10.0 Å². The zero-order valence-corrected chi connectivity index (χ0v) is 15.2. The molecule has 1 atom stereocenters. The van der Waals surface area contributed by atoms with Gasteiger partial charge in [0.05, 0.1) is 6.42 Å². The number of imide groups is 1. The van der Waals surface area contributed by atoms with E-state index in [4.69, 9.17) is 28.0 Å². The van der Waals surface area contributed by atoms with Crippen LogP contribution in [-0.4, -0.2) is 22.8 Å². The van der Waals surface area contributed by atoms with E-state index in [1.54, 1.807) is 18.2 Å². The lowest BCUT2D eigenvalue weighted by atomic mass is 9.88. The normalized spacial score (nSPS) is 15.2. The highest BCUT2D eigenvalue weighted by atomic mass is 35.5. The summed E-state index contributed by atoms with van der Waals surface area (Å²) in [5.74, 6) is -2.08. The first-order valence-electron chi connectivity index (χ1n) is 8.01. The van der Waals surface area contributed by atoms with Crippen molar-refractivity contribution in [1.82, 2.24) is 5.06 Å². The number of amides is 2. The Morgan fingerprint density at radius 1 is 0.962 bits per heavy atom. The van der Waals surface area contributed by atoms with Gasteiger partial charge in [-0.2, -0.15) is 0 Å². The Labute approximate surface area is 160 Å². The van der Waals surface area contributed by atoms with Crippen molar-refractivity contribution in [3.63, 3.8) is 0 Å². The zero-order valence-electron chi connectivity index (χ0n) is 13.7. The molecule has 26 heavy (non-hydrogen) atoms. The summed E-state index contributed by atoms with van der Waals surface area (Å²) in [6.45, 7) is 0. The molecule has 0 aliphatic carbocycles. The molecular formula is C19H15Cl2NO4. The first kappa shape index (κ1) is 18.4. The molecule has 0 saturated carbocycles. The highest BCUT2D eigenvalue weighted by Gasteiger charge is 2.33. The number of carbonyl (C=O) groups is 3. The quantitative estimate of drug-likeness (QED) is 0.718. The Balaban J connectivity index is 1.85. The summed E-state index contributed by atoms with van der Waals surface area (Å²) in [5.41, 5.74) is 1.60. The third-order valence-corrected chi connectivity index (χ3v) is 4.50. The van der Waals surface area contributed by atoms with Crippen LogP contribution in [0, 0.1) is 0 Å². The summed E-state index contributed by atoms with van der Waals surface area (Å²) in [6.07, 6.45) is 0.0357. The number of rotatable bonds is 5. The second-order valence-corrected chi connectivity index (χ2v) is 6.79. The molecule has 2 amide bonds. The van der Waals surface area contributed by atoms with Crippen LogP contribution in [0.4, 0.5) is 0 Å². The van der Waals surface area contributed by atoms with E-state index < -0.39 is 17.8 Å². The average Bonchev–Trinajstić information content (AvgIpc) is 2.91. The predicted molar refractivity (Wildman–Crippen MR) is 96.5 cm³/mol. The molecular weight excluding hydrogens is 377 g/mol. The Morgan fingerprint density at radius 2 is 1.54 bits per heavy atom. The van der Waals surface area contributed by atoms with Gasteiger partial charge in [0.2, 0.25) is 0 Å². The number of nitrogens with zero attached hydrogens (tertiary/aromatic N) is 1. The highest BCUT2D eigenvalue weighted by Crippen LogP contribution is 2.32. The third-order valence-electron chi connectivity index (χ3n) is 4.06. The van der Waals surface area contributed by atoms with Crippen LogP contribution in [0.3, 0.4) is 0 Å². The Hall–Kier alpha value is -2.37. The second-order valence-electron chi connectivity index (χ2n) is 5.92. The van der Waals surface area contributed by atoms with Crippen LogP contribution in [0.15, 0.2) is 48.5 Å². The fourth-order valence-electron chi connectivity index (χ4n) is 2.85. The summed E-state index contributed by atoms with van der Waals surface area (Å²) in [4.78, 5) is 40.6. The molecule has 2 aromatic rings. The van der Waals surface area contributed by atoms with Gasteiger partial charge in [0.25, 0.3) is 11.8 Å². The molecule has 1 saturated heterocycles. The Morgan fingerprint density at radius 3 is 2.12 bits per heavy atom. The van der Waals surface area contributed by atoms with E-state index in [1.165, 1.54) is 0 Å². The van der Waals surface area contributed by atoms with Crippen molar-refractivity contribution in [2.45, 2.75) is 25.2 Å². The molecule has 0 spiro atoms. The number of benzene rings is 2. The predicted octanol–water partition coefficient (Wildman–Crippen LogP) is 4.12. The summed E-state index contributed by atoms with van der Waals surface area (Å²) < 4.78 is 0. The Bertz CT molecular complexity index is 818. The van der Waals surface area contributed by atoms with Crippen molar-refractivity contribution in [3.05, 3.63) is 69.7 Å². The first-order valence-corrected chi connectivity index (χ1v) is 8.77. The van der Waals surface area contributed by atoms with Crippen LogP contribution in [-0.2, 0) is 19.2 Å². The molecule has 7 heteroatoms. The van der Waals surface area contributed by atoms with Gasteiger partial charge < -0.3 is 4.84 Å². The van der Waals surface area contributed by atoms with E-state index in [1.807, 2.05) is 30.3 Å². The minimum absolute atomic E-state index is 0.0537. The van der Waals surface area contributed by atoms with Gasteiger partial charge in [0.1, 0.15) is 0 Å². The third kappa shape index (κ3) is 4.23. The van der Waals surface area contributed by atoms with Crippen molar-refractivity contribution < 1.29 is 19.2 Å². The summed E-state index contributed by atoms with van der Waals surface area (Å²) in [6, 6.07) is 14.4. The smallest absolute Gasteiger partial charge is 0.330 e. The summed E-state index contributed by atoms with van der Waals surface area (Å²) >= 11 is 12.2. The highest BCUT2D eigenvalue weighted by molar-refractivity contribution is 6.34. The maximum Gasteiger partial charge on any atom is 0.334 e. The van der Waals surface area contributed by atoms with Crippen molar-refractivity contribution in [3.8, 4) is 0 Å². The van der Waals surface area contributed by atoms with Crippen molar-refractivity contribution >= 4 is 41.0 Å². The van der Waals surface area contributed by atoms with E-state index in [-0.39, 0.29) is 25.2 Å². The average molecular weight is 392 g/mol. The molecule has 5 nitrogen and oxygen atoms in total. The molecule has 134 valence electrons. The molecule has 1 aliphatic heterocycles. The molecule has 0 bridgehead atoms. The molecule has 1 heterocycles. The number of hydrogen-bond acceptors (Lipinski definition) is 4. The number of hydrogen-bond donors (Lipinski definition) is 0. The van der Waals surface area contributed by atoms with Gasteiger partial charge in [0.15, 0.2) is 0 Å². The fourth-order valence-corrected chi connectivity index (χ4v) is 3.40. The number of carbonyl (C=O) groups excluding carboxylic acids is 3. The van der Waals surface area contributed by atoms with Crippen LogP contribution in [0.5, 0.6) is 0 Å². The molecule has 0 radical (unpaired) electrons. The monoisotopic (exact) mass is 391 g/mol. The van der Waals surface area contributed by atoms with Crippen LogP contribution in [0.1, 0.15) is 36.3 Å². The molecule has 2 aromatic carbocycles. The molecule has 0 aromatic heterocycles. The van der Waals surface area contributed by atoms with Gasteiger partial charge >= 0.3 is 5.97 Å².